The van der Waals surface area contributed by atoms with Crippen LogP contribution < -0.4 is 4.90 Å². The van der Waals surface area contributed by atoms with E-state index in [1.807, 2.05) is 0 Å². The second-order valence-corrected chi connectivity index (χ2v) is 8.22. The van der Waals surface area contributed by atoms with Crippen LogP contribution in [0.4, 0.5) is 23.4 Å². The average molecular weight is 449 g/mol. The summed E-state index contributed by atoms with van der Waals surface area (Å²) in [6.45, 7) is 0.271. The molecule has 3 heterocycles. The molecule has 0 atom stereocenters. The fourth-order valence-electron chi connectivity index (χ4n) is 4.39. The van der Waals surface area contributed by atoms with Gasteiger partial charge >= 0.3 is 6.43 Å². The van der Waals surface area contributed by atoms with Crippen molar-refractivity contribution in [2.24, 2.45) is 7.05 Å². The van der Waals surface area contributed by atoms with Gasteiger partial charge in [-0.2, -0.15) is 13.9 Å². The summed E-state index contributed by atoms with van der Waals surface area (Å²) >= 11 is 0. The molecule has 7 nitrogen and oxygen atoms in total. The summed E-state index contributed by atoms with van der Waals surface area (Å²) in [6.07, 6.45) is -0.814. The number of hydrogen-bond acceptors (Lipinski definition) is 5. The lowest BCUT2D eigenvalue weighted by molar-refractivity contribution is -0.0382. The molecule has 3 aromatic rings. The number of anilines is 1. The van der Waals surface area contributed by atoms with Crippen LogP contribution in [0, 0.1) is 0 Å². The number of carbonyl (C=O) groups excluding carboxylic acids is 1. The van der Waals surface area contributed by atoms with Gasteiger partial charge in [0.25, 0.3) is 11.8 Å². The molecule has 168 valence electrons. The summed E-state index contributed by atoms with van der Waals surface area (Å²) in [7, 11) is 1.73. The largest absolute Gasteiger partial charge is 0.415 e. The molecular formula is C21H19F4N5O2. The van der Waals surface area contributed by atoms with Gasteiger partial charge in [0.1, 0.15) is 0 Å². The molecule has 32 heavy (non-hydrogen) atoms. The minimum Gasteiger partial charge on any atom is -0.415 e. The molecule has 0 unspecified atom stereocenters. The normalized spacial score (nSPS) is 18.6. The van der Waals surface area contributed by atoms with Crippen molar-refractivity contribution in [2.75, 3.05) is 4.90 Å². The lowest BCUT2D eigenvalue weighted by Gasteiger charge is -2.29. The Balaban J connectivity index is 1.43. The maximum absolute atomic E-state index is 13.6. The quantitative estimate of drug-likeness (QED) is 0.532. The lowest BCUT2D eigenvalue weighted by Crippen LogP contribution is -2.27. The minimum atomic E-state index is -2.88. The predicted octanol–water partition coefficient (Wildman–Crippen LogP) is 4.86. The molecule has 0 radical (unpaired) electrons. The molecule has 2 aromatic heterocycles. The molecule has 0 saturated heterocycles. The van der Waals surface area contributed by atoms with Crippen LogP contribution >= 0.6 is 0 Å². The Morgan fingerprint density at radius 3 is 2.62 bits per heavy atom. The van der Waals surface area contributed by atoms with Crippen LogP contribution in [-0.4, -0.2) is 31.8 Å². The highest BCUT2D eigenvalue weighted by atomic mass is 19.3. The Bertz CT molecular complexity index is 1180. The molecule has 1 aliphatic carbocycles. The molecule has 0 N–H and O–H groups in total. The number of fused-ring (bicyclic) bond motifs is 1. The topological polar surface area (TPSA) is 77.0 Å². The van der Waals surface area contributed by atoms with E-state index in [1.54, 1.807) is 30.1 Å². The van der Waals surface area contributed by atoms with E-state index in [-0.39, 0.29) is 37.1 Å². The number of carbonyl (C=O) groups is 1. The molecule has 1 amide bonds. The smallest absolute Gasteiger partial charge is 0.314 e. The SMILES string of the molecule is Cn1cc(C2CCC(F)(F)CC2)c(N2Cc3ccc(-c4nnc(C(F)F)o4)cc3C2=O)n1. The molecule has 0 bridgehead atoms. The van der Waals surface area contributed by atoms with Gasteiger partial charge in [-0.3, -0.25) is 14.4 Å². The fourth-order valence-corrected chi connectivity index (χ4v) is 4.39. The summed E-state index contributed by atoms with van der Waals surface area (Å²) < 4.78 is 59.3. The van der Waals surface area contributed by atoms with Crippen molar-refractivity contribution in [1.29, 1.82) is 0 Å². The Morgan fingerprint density at radius 1 is 1.19 bits per heavy atom. The van der Waals surface area contributed by atoms with E-state index in [4.69, 9.17) is 4.42 Å². The first-order valence-electron chi connectivity index (χ1n) is 10.2. The summed E-state index contributed by atoms with van der Waals surface area (Å²) in [6, 6.07) is 4.86. The highest BCUT2D eigenvalue weighted by molar-refractivity contribution is 6.10. The number of alkyl halides is 4. The molecule has 5 rings (SSSR count). The molecule has 1 fully saturated rings. The Labute approximate surface area is 180 Å². The Kier molecular flexibility index (Phi) is 4.79. The van der Waals surface area contributed by atoms with Crippen molar-refractivity contribution in [3.8, 4) is 11.5 Å². The zero-order valence-corrected chi connectivity index (χ0v) is 17.1. The van der Waals surface area contributed by atoms with Crippen molar-refractivity contribution in [3.63, 3.8) is 0 Å². The van der Waals surface area contributed by atoms with Gasteiger partial charge in [0, 0.05) is 42.8 Å². The van der Waals surface area contributed by atoms with E-state index in [0.29, 0.717) is 29.8 Å². The average Bonchev–Trinajstić information content (AvgIpc) is 3.45. The molecule has 11 heteroatoms. The fraction of sp³-hybridized carbons (Fsp3) is 0.429. The Morgan fingerprint density at radius 2 is 1.94 bits per heavy atom. The molecule has 0 spiro atoms. The third kappa shape index (κ3) is 3.55. The standard InChI is InChI=1S/C21H19F4N5O2/c1-29-10-15(11-4-6-21(24,25)7-5-11)17(28-29)30-9-13-3-2-12(8-14(13)20(30)31)18-26-27-19(32-18)16(22)23/h2-3,8,10-11,16H,4-7,9H2,1H3. The summed E-state index contributed by atoms with van der Waals surface area (Å²) in [5.41, 5.74) is 2.25. The first kappa shape index (κ1) is 20.7. The van der Waals surface area contributed by atoms with Crippen LogP contribution in [0.15, 0.2) is 28.8 Å². The van der Waals surface area contributed by atoms with Gasteiger partial charge in [0.05, 0.1) is 6.54 Å². The highest BCUT2D eigenvalue weighted by Gasteiger charge is 2.39. The van der Waals surface area contributed by atoms with Crippen LogP contribution in [-0.2, 0) is 13.6 Å². The second-order valence-electron chi connectivity index (χ2n) is 8.22. The molecular weight excluding hydrogens is 430 g/mol. The summed E-state index contributed by atoms with van der Waals surface area (Å²) in [5, 5.41) is 11.4. The van der Waals surface area contributed by atoms with Gasteiger partial charge in [-0.25, -0.2) is 8.78 Å². The van der Waals surface area contributed by atoms with Crippen molar-refractivity contribution in [1.82, 2.24) is 20.0 Å². The number of benzene rings is 1. The monoisotopic (exact) mass is 449 g/mol. The van der Waals surface area contributed by atoms with Crippen molar-refractivity contribution in [3.05, 3.63) is 47.0 Å². The third-order valence-corrected chi connectivity index (χ3v) is 6.04. The number of hydrogen-bond donors (Lipinski definition) is 0. The Hall–Kier alpha value is -3.24. The van der Waals surface area contributed by atoms with Crippen LogP contribution in [0.1, 0.15) is 65.4 Å². The zero-order chi connectivity index (χ0) is 22.6. The zero-order valence-electron chi connectivity index (χ0n) is 17.1. The van der Waals surface area contributed by atoms with Crippen molar-refractivity contribution >= 4 is 11.7 Å². The lowest BCUT2D eigenvalue weighted by atomic mass is 9.83. The van der Waals surface area contributed by atoms with E-state index < -0.39 is 18.2 Å². The molecule has 1 aromatic carbocycles. The predicted molar refractivity (Wildman–Crippen MR) is 105 cm³/mol. The summed E-state index contributed by atoms with van der Waals surface area (Å²) in [4.78, 5) is 14.7. The van der Waals surface area contributed by atoms with Gasteiger partial charge < -0.3 is 4.42 Å². The number of rotatable bonds is 4. The van der Waals surface area contributed by atoms with E-state index in [2.05, 4.69) is 15.3 Å². The van der Waals surface area contributed by atoms with E-state index in [9.17, 15) is 22.4 Å². The van der Waals surface area contributed by atoms with Crippen LogP contribution in [0.25, 0.3) is 11.5 Å². The molecule has 1 saturated carbocycles. The van der Waals surface area contributed by atoms with Crippen LogP contribution in [0.5, 0.6) is 0 Å². The molecule has 1 aliphatic heterocycles. The first-order chi connectivity index (χ1) is 15.2. The first-order valence-corrected chi connectivity index (χ1v) is 10.2. The van der Waals surface area contributed by atoms with Crippen LogP contribution in [0.3, 0.4) is 0 Å². The van der Waals surface area contributed by atoms with Crippen LogP contribution in [0.2, 0.25) is 0 Å². The van der Waals surface area contributed by atoms with E-state index in [0.717, 1.165) is 11.1 Å². The van der Waals surface area contributed by atoms with Crippen molar-refractivity contribution in [2.45, 2.75) is 50.5 Å². The number of nitrogens with zero attached hydrogens (tertiary/aromatic N) is 5. The molecule has 2 aliphatic rings. The highest BCUT2D eigenvalue weighted by Crippen LogP contribution is 2.44. The van der Waals surface area contributed by atoms with Gasteiger partial charge in [-0.1, -0.05) is 6.07 Å². The number of halogens is 4. The number of amides is 1. The summed E-state index contributed by atoms with van der Waals surface area (Å²) in [5.74, 6) is -3.48. The van der Waals surface area contributed by atoms with E-state index in [1.165, 1.54) is 11.0 Å². The van der Waals surface area contributed by atoms with E-state index >= 15 is 0 Å². The maximum Gasteiger partial charge on any atom is 0.314 e. The minimum absolute atomic E-state index is 0.100. The van der Waals surface area contributed by atoms with Gasteiger partial charge in [-0.05, 0) is 36.5 Å². The second kappa shape index (κ2) is 7.42. The third-order valence-electron chi connectivity index (χ3n) is 6.04. The van der Waals surface area contributed by atoms with Gasteiger partial charge in [0.2, 0.25) is 11.8 Å². The van der Waals surface area contributed by atoms with Gasteiger partial charge in [0.15, 0.2) is 5.82 Å². The maximum atomic E-state index is 13.6. The van der Waals surface area contributed by atoms with Crippen molar-refractivity contribution < 1.29 is 26.8 Å². The number of aryl methyl sites for hydroxylation is 1. The number of aromatic nitrogens is 4. The van der Waals surface area contributed by atoms with Gasteiger partial charge in [-0.15, -0.1) is 10.2 Å².